The minimum absolute atomic E-state index is 0.317. The zero-order valence-electron chi connectivity index (χ0n) is 23.8. The number of carbonyl (C=O) groups is 4. The average Bonchev–Trinajstić information content (AvgIpc) is 3.75. The molecule has 242 valence electrons. The lowest BCUT2D eigenvalue weighted by Crippen LogP contribution is -2.60. The first-order chi connectivity index (χ1) is 21.7. The van der Waals surface area contributed by atoms with Crippen LogP contribution in [-0.4, -0.2) is 86.1 Å². The van der Waals surface area contributed by atoms with Crippen LogP contribution in [0.2, 0.25) is 5.02 Å². The van der Waals surface area contributed by atoms with Gasteiger partial charge in [0.2, 0.25) is 0 Å². The molecule has 1 aliphatic heterocycles. The number of esters is 4. The molecule has 1 aliphatic rings. The molecule has 1 saturated heterocycles. The van der Waals surface area contributed by atoms with E-state index in [-0.39, 0.29) is 0 Å². The Bertz CT molecular complexity index is 1490. The lowest BCUT2D eigenvalue weighted by atomic mass is 9.89. The van der Waals surface area contributed by atoms with Crippen molar-refractivity contribution in [2.75, 3.05) is 32.8 Å². The van der Waals surface area contributed by atoms with Gasteiger partial charge in [-0.3, -0.25) is 19.2 Å². The van der Waals surface area contributed by atoms with Crippen LogP contribution in [0.15, 0.2) is 47.2 Å². The molecule has 0 spiro atoms. The zero-order valence-corrected chi connectivity index (χ0v) is 25.4. The first-order valence-electron chi connectivity index (χ1n) is 13.6. The Morgan fingerprint density at radius 1 is 0.867 bits per heavy atom. The molecule has 0 amide bonds. The van der Waals surface area contributed by atoms with Gasteiger partial charge in [0.05, 0.1) is 42.3 Å². The summed E-state index contributed by atoms with van der Waals surface area (Å²) in [6.45, 7) is -2.54. The molecule has 4 rings (SSSR count). The molecule has 0 saturated carbocycles. The van der Waals surface area contributed by atoms with E-state index in [0.29, 0.717) is 28.3 Å². The SMILES string of the molecule is NCC(=O)OC[C@H]1O[C@@H](c2ccc(Cl)c(Cc3ncc(-c4ccco4)s3)c2)C(OC(=O)CN)C(OC(=O)CN)[C@@H]1OC(=O)CN. The van der Waals surface area contributed by atoms with E-state index in [2.05, 4.69) is 4.98 Å². The van der Waals surface area contributed by atoms with Gasteiger partial charge in [-0.25, -0.2) is 4.98 Å². The number of hydrogen-bond donors (Lipinski definition) is 4. The lowest BCUT2D eigenvalue weighted by molar-refractivity contribution is -0.255. The van der Waals surface area contributed by atoms with Crippen LogP contribution in [0, 0.1) is 0 Å². The quantitative estimate of drug-likeness (QED) is 0.141. The van der Waals surface area contributed by atoms with E-state index in [0.717, 1.165) is 9.88 Å². The van der Waals surface area contributed by atoms with Crippen molar-refractivity contribution in [3.8, 4) is 10.6 Å². The largest absolute Gasteiger partial charge is 0.463 e. The van der Waals surface area contributed by atoms with Crippen molar-refractivity contribution in [1.82, 2.24) is 4.98 Å². The molecule has 1 fully saturated rings. The van der Waals surface area contributed by atoms with Crippen molar-refractivity contribution in [3.05, 3.63) is 63.9 Å². The summed E-state index contributed by atoms with van der Waals surface area (Å²) in [5.74, 6) is -2.79. The zero-order chi connectivity index (χ0) is 32.5. The smallest absolute Gasteiger partial charge is 0.320 e. The van der Waals surface area contributed by atoms with Crippen LogP contribution >= 0.6 is 22.9 Å². The summed E-state index contributed by atoms with van der Waals surface area (Å²) in [6, 6.07) is 8.54. The van der Waals surface area contributed by atoms with E-state index in [4.69, 9.17) is 62.6 Å². The van der Waals surface area contributed by atoms with Crippen LogP contribution in [0.1, 0.15) is 22.2 Å². The molecule has 2 aromatic heterocycles. The number of furan rings is 1. The minimum Gasteiger partial charge on any atom is -0.463 e. The highest BCUT2D eigenvalue weighted by atomic mass is 35.5. The van der Waals surface area contributed by atoms with Gasteiger partial charge in [0, 0.05) is 17.6 Å². The highest BCUT2D eigenvalue weighted by molar-refractivity contribution is 7.15. The standard InChI is InChI=1S/C28H32ClN5O10S/c29-16-4-3-14(6-15(16)7-20-34-12-19(45-20)17-2-1-5-39-17)25-27(43-23(37)10-32)28(44-24(38)11-33)26(42-22(36)9-31)18(41-25)13-40-21(35)8-30/h1-6,12,18,25-28H,7-11,13,30-33H2/t18-,25+,26-,27?,28?/m1/s1. The van der Waals surface area contributed by atoms with Crippen molar-refractivity contribution in [3.63, 3.8) is 0 Å². The van der Waals surface area contributed by atoms with E-state index in [1.165, 1.54) is 11.3 Å². The van der Waals surface area contributed by atoms with Crippen LogP contribution in [-0.2, 0) is 49.3 Å². The predicted molar refractivity (Wildman–Crippen MR) is 159 cm³/mol. The fourth-order valence-electron chi connectivity index (χ4n) is 4.55. The van der Waals surface area contributed by atoms with Crippen molar-refractivity contribution in [2.45, 2.75) is 36.9 Å². The molecule has 17 heteroatoms. The molecule has 3 heterocycles. The van der Waals surface area contributed by atoms with Crippen LogP contribution < -0.4 is 22.9 Å². The molecule has 1 aromatic carbocycles. The predicted octanol–water partition coefficient (Wildman–Crippen LogP) is 0.201. The van der Waals surface area contributed by atoms with E-state index in [1.54, 1.807) is 36.7 Å². The molecule has 2 unspecified atom stereocenters. The summed E-state index contributed by atoms with van der Waals surface area (Å²) < 4.78 is 33.6. The second kappa shape index (κ2) is 15.9. The Hall–Kier alpha value is -3.90. The van der Waals surface area contributed by atoms with E-state index in [1.807, 2.05) is 6.07 Å². The average molecular weight is 666 g/mol. The first kappa shape index (κ1) is 34.0. The highest BCUT2D eigenvalue weighted by Gasteiger charge is 2.53. The number of hydrogen-bond acceptors (Lipinski definition) is 16. The van der Waals surface area contributed by atoms with Crippen LogP contribution in [0.4, 0.5) is 0 Å². The van der Waals surface area contributed by atoms with Gasteiger partial charge < -0.3 is 51.0 Å². The second-order valence-corrected chi connectivity index (χ2v) is 11.1. The topological polar surface area (TPSA) is 245 Å². The normalized spacial score (nSPS) is 21.1. The fourth-order valence-corrected chi connectivity index (χ4v) is 5.64. The maximum atomic E-state index is 12.5. The monoisotopic (exact) mass is 665 g/mol. The van der Waals surface area contributed by atoms with Crippen LogP contribution in [0.5, 0.6) is 0 Å². The van der Waals surface area contributed by atoms with E-state index in [9.17, 15) is 19.2 Å². The Morgan fingerprint density at radius 3 is 2.13 bits per heavy atom. The number of benzene rings is 1. The molecule has 5 atom stereocenters. The van der Waals surface area contributed by atoms with Crippen molar-refractivity contribution >= 4 is 46.8 Å². The summed E-state index contributed by atoms with van der Waals surface area (Å²) in [7, 11) is 0. The van der Waals surface area contributed by atoms with Gasteiger partial charge in [0.15, 0.2) is 18.3 Å². The third-order valence-corrected chi connectivity index (χ3v) is 7.95. The summed E-state index contributed by atoms with van der Waals surface area (Å²) in [5, 5.41) is 1.14. The number of thiazole rings is 1. The van der Waals surface area contributed by atoms with Crippen molar-refractivity contribution in [2.24, 2.45) is 22.9 Å². The van der Waals surface area contributed by atoms with Gasteiger partial charge in [0.25, 0.3) is 0 Å². The third kappa shape index (κ3) is 8.64. The number of halogens is 1. The Kier molecular flexibility index (Phi) is 12.0. The number of nitrogens with zero attached hydrogens (tertiary/aromatic N) is 1. The summed E-state index contributed by atoms with van der Waals surface area (Å²) in [6.07, 6.45) is -3.18. The third-order valence-electron chi connectivity index (χ3n) is 6.57. The van der Waals surface area contributed by atoms with Gasteiger partial charge >= 0.3 is 23.9 Å². The molecule has 8 N–H and O–H groups in total. The van der Waals surface area contributed by atoms with Gasteiger partial charge in [-0.2, -0.15) is 0 Å². The van der Waals surface area contributed by atoms with Crippen LogP contribution in [0.25, 0.3) is 10.6 Å². The van der Waals surface area contributed by atoms with Crippen LogP contribution in [0.3, 0.4) is 0 Å². The van der Waals surface area contributed by atoms with Gasteiger partial charge in [0.1, 0.15) is 24.6 Å². The Balaban J connectivity index is 1.74. The molecule has 15 nitrogen and oxygen atoms in total. The molecule has 0 radical (unpaired) electrons. The Morgan fingerprint density at radius 2 is 1.51 bits per heavy atom. The number of ether oxygens (including phenoxy) is 5. The fraction of sp³-hybridized carbons (Fsp3) is 0.393. The first-order valence-corrected chi connectivity index (χ1v) is 14.8. The van der Waals surface area contributed by atoms with Crippen molar-refractivity contribution in [1.29, 1.82) is 0 Å². The molecular formula is C28H32ClN5O10S. The molecular weight excluding hydrogens is 634 g/mol. The van der Waals surface area contributed by atoms with E-state index >= 15 is 0 Å². The molecule has 45 heavy (non-hydrogen) atoms. The van der Waals surface area contributed by atoms with Gasteiger partial charge in [-0.05, 0) is 29.3 Å². The van der Waals surface area contributed by atoms with Gasteiger partial charge in [-0.1, -0.05) is 23.7 Å². The Labute approximate surface area is 266 Å². The van der Waals surface area contributed by atoms with Gasteiger partial charge in [-0.15, -0.1) is 11.3 Å². The maximum Gasteiger partial charge on any atom is 0.320 e. The molecule has 0 bridgehead atoms. The maximum absolute atomic E-state index is 12.5. The summed E-state index contributed by atoms with van der Waals surface area (Å²) >= 11 is 7.98. The number of carbonyl (C=O) groups excluding carboxylic acids is 4. The number of nitrogens with two attached hydrogens (primary N) is 4. The number of aromatic nitrogens is 1. The molecule has 3 aromatic rings. The summed E-state index contributed by atoms with van der Waals surface area (Å²) in [4.78, 5) is 54.6. The lowest BCUT2D eigenvalue weighted by Gasteiger charge is -2.45. The molecule has 0 aliphatic carbocycles. The number of rotatable bonds is 13. The minimum atomic E-state index is -1.48. The second-order valence-electron chi connectivity index (χ2n) is 9.58. The highest BCUT2D eigenvalue weighted by Crippen LogP contribution is 2.39. The summed E-state index contributed by atoms with van der Waals surface area (Å²) in [5.41, 5.74) is 22.9. The van der Waals surface area contributed by atoms with E-state index < -0.39 is 87.2 Å². The van der Waals surface area contributed by atoms with Crippen molar-refractivity contribution < 1.29 is 47.3 Å².